The summed E-state index contributed by atoms with van der Waals surface area (Å²) in [5, 5.41) is 20.1. The van der Waals surface area contributed by atoms with E-state index in [0.29, 0.717) is 28.1 Å². The fourth-order valence-corrected chi connectivity index (χ4v) is 3.45. The van der Waals surface area contributed by atoms with E-state index in [0.717, 1.165) is 11.1 Å². The molecule has 1 amide bonds. The first-order valence-electron chi connectivity index (χ1n) is 10.1. The van der Waals surface area contributed by atoms with E-state index in [4.69, 9.17) is 21.1 Å². The van der Waals surface area contributed by atoms with Gasteiger partial charge in [-0.05, 0) is 36.8 Å². The minimum atomic E-state index is -1.21. The molecular weight excluding hydrogens is 416 g/mol. The number of anilines is 1. The Hall–Kier alpha value is -4.77. The van der Waals surface area contributed by atoms with Crippen LogP contribution in [0.25, 0.3) is 0 Å². The number of aliphatic imine (C=N–C) groups is 2. The summed E-state index contributed by atoms with van der Waals surface area (Å²) in [4.78, 5) is 21.6. The first kappa shape index (κ1) is 21.5. The van der Waals surface area contributed by atoms with Crippen LogP contribution in [0.1, 0.15) is 27.8 Å². The number of benzene rings is 3. The van der Waals surface area contributed by atoms with Crippen LogP contribution in [-0.4, -0.2) is 29.7 Å². The highest BCUT2D eigenvalue weighted by Gasteiger charge is 2.26. The average Bonchev–Trinajstić information content (AvgIpc) is 2.95. The summed E-state index contributed by atoms with van der Waals surface area (Å²) < 4.78 is 5.38. The minimum absolute atomic E-state index is 0.247. The number of rotatable bonds is 3. The number of ether oxygens (including phenoxy) is 1. The number of hydrogen-bond donors (Lipinski definition) is 3. The van der Waals surface area contributed by atoms with Gasteiger partial charge in [-0.1, -0.05) is 48.5 Å². The predicted octanol–water partition coefficient (Wildman–Crippen LogP) is 3.34. The number of nitrogens with zero attached hydrogens (tertiary/aromatic N) is 3. The van der Waals surface area contributed by atoms with Crippen LogP contribution < -0.4 is 11.1 Å². The molecule has 0 saturated carbocycles. The van der Waals surface area contributed by atoms with Crippen LogP contribution in [0, 0.1) is 23.7 Å². The van der Waals surface area contributed by atoms with Gasteiger partial charge in [-0.3, -0.25) is 10.2 Å². The molecule has 0 aliphatic carbocycles. The van der Waals surface area contributed by atoms with Gasteiger partial charge in [0.25, 0.3) is 11.9 Å². The monoisotopic (exact) mass is 436 g/mol. The molecule has 1 heterocycles. The highest BCUT2D eigenvalue weighted by molar-refractivity contribution is 6.19. The molecule has 0 bridgehead atoms. The molecule has 0 radical (unpaired) electrons. The number of nitriles is 1. The molecule has 33 heavy (non-hydrogen) atoms. The normalized spacial score (nSPS) is 15.4. The number of benzodiazepines with no additional fused rings is 1. The van der Waals surface area contributed by atoms with Gasteiger partial charge in [-0.15, -0.1) is 0 Å². The maximum atomic E-state index is 12.8. The number of amidine groups is 1. The summed E-state index contributed by atoms with van der Waals surface area (Å²) >= 11 is 0. The fraction of sp³-hybridized carbons (Fsp3) is 0.0800. The number of amides is 1. The molecule has 0 spiro atoms. The fourth-order valence-electron chi connectivity index (χ4n) is 3.45. The van der Waals surface area contributed by atoms with Crippen molar-refractivity contribution >= 4 is 29.2 Å². The third-order valence-corrected chi connectivity index (χ3v) is 5.03. The smallest absolute Gasteiger partial charge is 0.291 e. The Kier molecular flexibility index (Phi) is 5.96. The van der Waals surface area contributed by atoms with Crippen molar-refractivity contribution in [2.75, 3.05) is 5.32 Å². The SMILES string of the molecule is Cc1cc(C#N)ccc1C(=N)OC(N)=NC1N=C(c2ccccc2)c2ccccc2NC1=O. The van der Waals surface area contributed by atoms with Gasteiger partial charge >= 0.3 is 0 Å². The van der Waals surface area contributed by atoms with E-state index in [1.807, 2.05) is 54.6 Å². The van der Waals surface area contributed by atoms with Crippen molar-refractivity contribution < 1.29 is 9.53 Å². The van der Waals surface area contributed by atoms with E-state index in [1.165, 1.54) is 0 Å². The lowest BCUT2D eigenvalue weighted by molar-refractivity contribution is -0.117. The van der Waals surface area contributed by atoms with Crippen LogP contribution in [0.5, 0.6) is 0 Å². The van der Waals surface area contributed by atoms with Gasteiger partial charge in [-0.2, -0.15) is 10.3 Å². The summed E-state index contributed by atoms with van der Waals surface area (Å²) in [6.45, 7) is 1.76. The van der Waals surface area contributed by atoms with Crippen molar-refractivity contribution in [3.63, 3.8) is 0 Å². The molecule has 1 aliphatic rings. The molecule has 4 rings (SSSR count). The zero-order chi connectivity index (χ0) is 23.4. The van der Waals surface area contributed by atoms with Crippen molar-refractivity contribution in [3.05, 3.63) is 101 Å². The zero-order valence-electron chi connectivity index (χ0n) is 17.7. The average molecular weight is 436 g/mol. The van der Waals surface area contributed by atoms with Gasteiger partial charge in [0, 0.05) is 16.7 Å². The van der Waals surface area contributed by atoms with Crippen molar-refractivity contribution in [2.24, 2.45) is 15.7 Å². The topological polar surface area (TPSA) is 137 Å². The first-order chi connectivity index (χ1) is 16.0. The van der Waals surface area contributed by atoms with Crippen LogP contribution in [-0.2, 0) is 9.53 Å². The van der Waals surface area contributed by atoms with Gasteiger partial charge < -0.3 is 15.8 Å². The molecule has 1 unspecified atom stereocenters. The lowest BCUT2D eigenvalue weighted by Crippen LogP contribution is -2.29. The minimum Gasteiger partial charge on any atom is -0.407 e. The van der Waals surface area contributed by atoms with Crippen LogP contribution in [0.2, 0.25) is 0 Å². The summed E-state index contributed by atoms with van der Waals surface area (Å²) in [7, 11) is 0. The molecule has 3 aromatic carbocycles. The largest absolute Gasteiger partial charge is 0.407 e. The van der Waals surface area contributed by atoms with Gasteiger partial charge in [-0.25, -0.2) is 4.99 Å². The van der Waals surface area contributed by atoms with Crippen molar-refractivity contribution in [2.45, 2.75) is 13.1 Å². The highest BCUT2D eigenvalue weighted by Crippen LogP contribution is 2.24. The number of aryl methyl sites for hydroxylation is 1. The van der Waals surface area contributed by atoms with E-state index in [9.17, 15) is 4.79 Å². The van der Waals surface area contributed by atoms with Crippen molar-refractivity contribution in [1.82, 2.24) is 0 Å². The van der Waals surface area contributed by atoms with Crippen molar-refractivity contribution in [1.29, 1.82) is 10.7 Å². The molecule has 8 nitrogen and oxygen atoms in total. The molecule has 0 saturated heterocycles. The van der Waals surface area contributed by atoms with Crippen LogP contribution in [0.15, 0.2) is 82.8 Å². The molecule has 0 aromatic heterocycles. The van der Waals surface area contributed by atoms with Crippen LogP contribution in [0.3, 0.4) is 0 Å². The standard InChI is InChI=1S/C25H20N6O2/c1-15-13-16(14-26)11-12-18(15)22(27)33-25(28)31-23-24(32)29-20-10-6-5-9-19(20)21(30-23)17-7-3-2-4-8-17/h2-13,23,27H,1H3,(H2,28,31)(H,29,32). The number of carbonyl (C=O) groups is 1. The Bertz CT molecular complexity index is 1340. The van der Waals surface area contributed by atoms with E-state index in [-0.39, 0.29) is 11.9 Å². The van der Waals surface area contributed by atoms with E-state index >= 15 is 0 Å². The van der Waals surface area contributed by atoms with Crippen LogP contribution in [0.4, 0.5) is 5.69 Å². The lowest BCUT2D eigenvalue weighted by Gasteiger charge is -2.11. The number of carbonyl (C=O) groups excluding carboxylic acids is 1. The van der Waals surface area contributed by atoms with E-state index < -0.39 is 12.1 Å². The third kappa shape index (κ3) is 4.62. The number of para-hydroxylation sites is 1. The second-order valence-electron chi connectivity index (χ2n) is 7.29. The first-order valence-corrected chi connectivity index (χ1v) is 10.1. The van der Waals surface area contributed by atoms with Crippen molar-refractivity contribution in [3.8, 4) is 6.07 Å². The Morgan fingerprint density at radius 2 is 1.88 bits per heavy atom. The molecule has 1 aliphatic heterocycles. The number of nitrogens with two attached hydrogens (primary N) is 1. The van der Waals surface area contributed by atoms with E-state index in [1.54, 1.807) is 31.2 Å². The second-order valence-corrected chi connectivity index (χ2v) is 7.29. The van der Waals surface area contributed by atoms with Gasteiger partial charge in [0.05, 0.1) is 23.0 Å². The quantitative estimate of drug-likeness (QED) is 0.428. The highest BCUT2D eigenvalue weighted by atomic mass is 16.5. The molecule has 3 aromatic rings. The maximum absolute atomic E-state index is 12.8. The number of hydrogen-bond acceptors (Lipinski definition) is 6. The second kappa shape index (κ2) is 9.16. The molecule has 1 atom stereocenters. The third-order valence-electron chi connectivity index (χ3n) is 5.03. The maximum Gasteiger partial charge on any atom is 0.291 e. The molecular formula is C25H20N6O2. The molecule has 0 fully saturated rings. The molecule has 162 valence electrons. The summed E-state index contributed by atoms with van der Waals surface area (Å²) in [5.74, 6) is -0.719. The van der Waals surface area contributed by atoms with Gasteiger partial charge in [0.15, 0.2) is 0 Å². The Morgan fingerprint density at radius 3 is 2.61 bits per heavy atom. The summed E-state index contributed by atoms with van der Waals surface area (Å²) in [5.41, 5.74) is 10.3. The van der Waals surface area contributed by atoms with Gasteiger partial charge in [0.1, 0.15) is 0 Å². The van der Waals surface area contributed by atoms with E-state index in [2.05, 4.69) is 15.3 Å². The zero-order valence-corrected chi connectivity index (χ0v) is 17.7. The number of fused-ring (bicyclic) bond motifs is 1. The Balaban J connectivity index is 1.66. The summed E-state index contributed by atoms with van der Waals surface area (Å²) in [6.07, 6.45) is -1.21. The molecule has 8 heteroatoms. The van der Waals surface area contributed by atoms with Gasteiger partial charge in [0.2, 0.25) is 12.1 Å². The summed E-state index contributed by atoms with van der Waals surface area (Å²) in [6, 6.07) is 23.3. The Labute approximate surface area is 190 Å². The predicted molar refractivity (Wildman–Crippen MR) is 126 cm³/mol. The molecule has 4 N–H and O–H groups in total. The van der Waals surface area contributed by atoms with Crippen LogP contribution >= 0.6 is 0 Å². The Morgan fingerprint density at radius 1 is 1.15 bits per heavy atom. The lowest BCUT2D eigenvalue weighted by atomic mass is 10.0. The number of nitrogens with one attached hydrogen (secondary N) is 2.